The zero-order chi connectivity index (χ0) is 8.97. The van der Waals surface area contributed by atoms with E-state index in [9.17, 15) is 4.79 Å². The minimum atomic E-state index is -0.0183. The Morgan fingerprint density at radius 2 is 2.33 bits per heavy atom. The van der Waals surface area contributed by atoms with Crippen molar-refractivity contribution in [2.24, 2.45) is 5.92 Å². The van der Waals surface area contributed by atoms with Crippen LogP contribution in [0.2, 0.25) is 0 Å². The van der Waals surface area contributed by atoms with Crippen LogP contribution < -0.4 is 5.32 Å². The SMILES string of the molecule is CCOC(=O)C1CCC(NC)C1. The van der Waals surface area contributed by atoms with E-state index >= 15 is 0 Å². The number of hydrogen-bond donors (Lipinski definition) is 1. The van der Waals surface area contributed by atoms with Gasteiger partial charge in [-0.2, -0.15) is 0 Å². The van der Waals surface area contributed by atoms with E-state index in [1.54, 1.807) is 0 Å². The molecule has 1 fully saturated rings. The average Bonchev–Trinajstić information content (AvgIpc) is 2.52. The van der Waals surface area contributed by atoms with Gasteiger partial charge in [-0.15, -0.1) is 0 Å². The second-order valence-corrected chi connectivity index (χ2v) is 3.25. The lowest BCUT2D eigenvalue weighted by Crippen LogP contribution is -2.23. The van der Waals surface area contributed by atoms with E-state index in [0.717, 1.165) is 19.3 Å². The van der Waals surface area contributed by atoms with Crippen molar-refractivity contribution in [2.45, 2.75) is 32.2 Å². The van der Waals surface area contributed by atoms with Gasteiger partial charge in [0.2, 0.25) is 0 Å². The van der Waals surface area contributed by atoms with Crippen LogP contribution >= 0.6 is 0 Å². The van der Waals surface area contributed by atoms with Crippen molar-refractivity contribution in [1.29, 1.82) is 0 Å². The van der Waals surface area contributed by atoms with Gasteiger partial charge < -0.3 is 10.1 Å². The van der Waals surface area contributed by atoms with Crippen LogP contribution in [0.25, 0.3) is 0 Å². The number of carbonyl (C=O) groups excluding carboxylic acids is 1. The quantitative estimate of drug-likeness (QED) is 0.642. The monoisotopic (exact) mass is 171 g/mol. The molecule has 0 amide bonds. The van der Waals surface area contributed by atoms with Crippen LogP contribution in [-0.4, -0.2) is 25.7 Å². The van der Waals surface area contributed by atoms with Crippen molar-refractivity contribution in [3.63, 3.8) is 0 Å². The Morgan fingerprint density at radius 1 is 1.58 bits per heavy atom. The molecule has 1 aliphatic carbocycles. The predicted octanol–water partition coefficient (Wildman–Crippen LogP) is 0.938. The Bertz CT molecular complexity index is 159. The summed E-state index contributed by atoms with van der Waals surface area (Å²) < 4.78 is 4.95. The third-order valence-electron chi connectivity index (χ3n) is 2.46. The summed E-state index contributed by atoms with van der Waals surface area (Å²) in [7, 11) is 1.94. The largest absolute Gasteiger partial charge is 0.466 e. The van der Waals surface area contributed by atoms with E-state index in [2.05, 4.69) is 5.32 Å². The first-order valence-electron chi connectivity index (χ1n) is 4.61. The second-order valence-electron chi connectivity index (χ2n) is 3.25. The Labute approximate surface area is 73.5 Å². The lowest BCUT2D eigenvalue weighted by Gasteiger charge is -2.09. The van der Waals surface area contributed by atoms with Crippen molar-refractivity contribution in [2.75, 3.05) is 13.7 Å². The first-order valence-corrected chi connectivity index (χ1v) is 4.61. The Hall–Kier alpha value is -0.570. The van der Waals surface area contributed by atoms with Gasteiger partial charge in [0.1, 0.15) is 0 Å². The summed E-state index contributed by atoms with van der Waals surface area (Å²) >= 11 is 0. The lowest BCUT2D eigenvalue weighted by molar-refractivity contribution is -0.147. The topological polar surface area (TPSA) is 38.3 Å². The number of ether oxygens (including phenoxy) is 1. The highest BCUT2D eigenvalue weighted by molar-refractivity contribution is 5.72. The molecule has 1 N–H and O–H groups in total. The molecule has 0 spiro atoms. The molecule has 2 unspecified atom stereocenters. The summed E-state index contributed by atoms with van der Waals surface area (Å²) in [6.07, 6.45) is 3.01. The van der Waals surface area contributed by atoms with Gasteiger partial charge in [-0.1, -0.05) is 0 Å². The highest BCUT2D eigenvalue weighted by Crippen LogP contribution is 2.26. The van der Waals surface area contributed by atoms with Crippen molar-refractivity contribution in [1.82, 2.24) is 5.32 Å². The highest BCUT2D eigenvalue weighted by atomic mass is 16.5. The molecule has 0 saturated heterocycles. The van der Waals surface area contributed by atoms with Crippen LogP contribution in [0, 0.1) is 5.92 Å². The van der Waals surface area contributed by atoms with Gasteiger partial charge in [0.05, 0.1) is 12.5 Å². The molecule has 3 nitrogen and oxygen atoms in total. The molecule has 1 aliphatic rings. The third-order valence-corrected chi connectivity index (χ3v) is 2.46. The minimum Gasteiger partial charge on any atom is -0.466 e. The first kappa shape index (κ1) is 9.52. The molecule has 0 radical (unpaired) electrons. The molecule has 0 aromatic rings. The number of rotatable bonds is 3. The minimum absolute atomic E-state index is 0.0183. The Balaban J connectivity index is 2.31. The summed E-state index contributed by atoms with van der Waals surface area (Å²) in [6, 6.07) is 0.513. The van der Waals surface area contributed by atoms with E-state index in [0.29, 0.717) is 12.6 Å². The van der Waals surface area contributed by atoms with Gasteiger partial charge in [-0.3, -0.25) is 4.79 Å². The van der Waals surface area contributed by atoms with E-state index in [1.165, 1.54) is 0 Å². The van der Waals surface area contributed by atoms with Crippen LogP contribution in [0.1, 0.15) is 26.2 Å². The van der Waals surface area contributed by atoms with Crippen molar-refractivity contribution in [3.05, 3.63) is 0 Å². The van der Waals surface area contributed by atoms with Crippen LogP contribution in [-0.2, 0) is 9.53 Å². The maximum atomic E-state index is 11.3. The molecule has 70 valence electrons. The van der Waals surface area contributed by atoms with Crippen LogP contribution in [0.4, 0.5) is 0 Å². The predicted molar refractivity (Wildman–Crippen MR) is 46.8 cm³/mol. The molecule has 12 heavy (non-hydrogen) atoms. The van der Waals surface area contributed by atoms with Gasteiger partial charge in [0.15, 0.2) is 0 Å². The van der Waals surface area contributed by atoms with Crippen molar-refractivity contribution in [3.8, 4) is 0 Å². The lowest BCUT2D eigenvalue weighted by atomic mass is 10.1. The van der Waals surface area contributed by atoms with E-state index in [4.69, 9.17) is 4.74 Å². The average molecular weight is 171 g/mol. The molecule has 0 heterocycles. The second kappa shape index (κ2) is 4.45. The van der Waals surface area contributed by atoms with Gasteiger partial charge in [0.25, 0.3) is 0 Å². The molecule has 3 heteroatoms. The van der Waals surface area contributed by atoms with Gasteiger partial charge >= 0.3 is 5.97 Å². The maximum absolute atomic E-state index is 11.3. The fraction of sp³-hybridized carbons (Fsp3) is 0.889. The van der Waals surface area contributed by atoms with Crippen molar-refractivity contribution < 1.29 is 9.53 Å². The molecule has 0 bridgehead atoms. The van der Waals surface area contributed by atoms with E-state index in [-0.39, 0.29) is 11.9 Å². The fourth-order valence-corrected chi connectivity index (χ4v) is 1.72. The van der Waals surface area contributed by atoms with Gasteiger partial charge in [-0.25, -0.2) is 0 Å². The maximum Gasteiger partial charge on any atom is 0.308 e. The van der Waals surface area contributed by atoms with Gasteiger partial charge in [0, 0.05) is 6.04 Å². The van der Waals surface area contributed by atoms with E-state index < -0.39 is 0 Å². The number of carbonyl (C=O) groups is 1. The van der Waals surface area contributed by atoms with Gasteiger partial charge in [-0.05, 0) is 33.2 Å². The molecule has 1 rings (SSSR count). The molecule has 0 aromatic heterocycles. The molecular formula is C9H17NO2. The third kappa shape index (κ3) is 2.21. The Morgan fingerprint density at radius 3 is 2.83 bits per heavy atom. The Kier molecular flexibility index (Phi) is 3.53. The summed E-state index contributed by atoms with van der Waals surface area (Å²) in [5.41, 5.74) is 0. The number of esters is 1. The van der Waals surface area contributed by atoms with Crippen molar-refractivity contribution >= 4 is 5.97 Å². The summed E-state index contributed by atoms with van der Waals surface area (Å²) in [4.78, 5) is 11.3. The highest BCUT2D eigenvalue weighted by Gasteiger charge is 2.29. The van der Waals surface area contributed by atoms with Crippen LogP contribution in [0.15, 0.2) is 0 Å². The smallest absolute Gasteiger partial charge is 0.308 e. The summed E-state index contributed by atoms with van der Waals surface area (Å²) in [5, 5.41) is 3.18. The summed E-state index contributed by atoms with van der Waals surface area (Å²) in [6.45, 7) is 2.35. The van der Waals surface area contributed by atoms with Crippen LogP contribution in [0.5, 0.6) is 0 Å². The normalized spacial score (nSPS) is 28.8. The molecular weight excluding hydrogens is 154 g/mol. The molecule has 0 aromatic carbocycles. The van der Waals surface area contributed by atoms with Crippen LogP contribution in [0.3, 0.4) is 0 Å². The standard InChI is InChI=1S/C9H17NO2/c1-3-12-9(11)7-4-5-8(6-7)10-2/h7-8,10H,3-6H2,1-2H3. The molecule has 0 aliphatic heterocycles. The zero-order valence-electron chi connectivity index (χ0n) is 7.80. The number of nitrogens with one attached hydrogen (secondary N) is 1. The fourth-order valence-electron chi connectivity index (χ4n) is 1.72. The first-order chi connectivity index (χ1) is 5.77. The van der Waals surface area contributed by atoms with E-state index in [1.807, 2.05) is 14.0 Å². The molecule has 1 saturated carbocycles. The number of hydrogen-bond acceptors (Lipinski definition) is 3. The molecule has 2 atom stereocenters. The summed E-state index contributed by atoms with van der Waals surface area (Å²) in [5.74, 6) is 0.123. The zero-order valence-corrected chi connectivity index (χ0v) is 7.80.